The Morgan fingerprint density at radius 3 is 1.06 bits per heavy atom. The van der Waals surface area contributed by atoms with E-state index in [0.29, 0.717) is 19.3 Å². The molecule has 1 unspecified atom stereocenters. The number of ether oxygens (including phenoxy) is 3. The average Bonchev–Trinajstić information content (AvgIpc) is 3.30. The Kier molecular flexibility index (Phi) is 50.0. The number of hydrogen-bond acceptors (Lipinski definition) is 6. The van der Waals surface area contributed by atoms with Gasteiger partial charge in [-0.3, -0.25) is 14.4 Å². The predicted molar refractivity (Wildman–Crippen MR) is 279 cm³/mol. The van der Waals surface area contributed by atoms with E-state index in [9.17, 15) is 14.4 Å². The Labute approximate surface area is 400 Å². The van der Waals surface area contributed by atoms with Gasteiger partial charge in [0, 0.05) is 19.3 Å². The van der Waals surface area contributed by atoms with Gasteiger partial charge in [0.1, 0.15) is 13.2 Å². The highest BCUT2D eigenvalue weighted by Gasteiger charge is 2.19. The fourth-order valence-corrected chi connectivity index (χ4v) is 7.08. The minimum Gasteiger partial charge on any atom is -0.462 e. The molecule has 6 heteroatoms. The number of unbranched alkanes of at least 4 members (excludes halogenated alkanes) is 24. The molecule has 0 aliphatic rings. The molecule has 0 aliphatic heterocycles. The molecule has 0 amide bonds. The van der Waals surface area contributed by atoms with Crippen molar-refractivity contribution in [1.29, 1.82) is 0 Å². The summed E-state index contributed by atoms with van der Waals surface area (Å²) in [4.78, 5) is 38.0. The van der Waals surface area contributed by atoms with Crippen LogP contribution in [-0.2, 0) is 28.6 Å². The minimum absolute atomic E-state index is 0.0946. The van der Waals surface area contributed by atoms with E-state index in [-0.39, 0.29) is 31.1 Å². The fraction of sp³-hybridized carbons (Fsp3) is 0.678. The molecule has 0 aliphatic carbocycles. The van der Waals surface area contributed by atoms with Crippen LogP contribution in [0.1, 0.15) is 239 Å². The van der Waals surface area contributed by atoms with Crippen LogP contribution in [0.25, 0.3) is 0 Å². The molecule has 0 aromatic carbocycles. The number of esters is 3. The van der Waals surface area contributed by atoms with Crippen molar-refractivity contribution in [2.24, 2.45) is 0 Å². The first kappa shape index (κ1) is 61.3. The van der Waals surface area contributed by atoms with E-state index >= 15 is 0 Å². The zero-order valence-electron chi connectivity index (χ0n) is 42.2. The fourth-order valence-electron chi connectivity index (χ4n) is 7.08. The maximum atomic E-state index is 12.8. The summed E-state index contributed by atoms with van der Waals surface area (Å²) in [7, 11) is 0. The molecule has 0 radical (unpaired) electrons. The van der Waals surface area contributed by atoms with Gasteiger partial charge in [-0.25, -0.2) is 0 Å². The maximum Gasteiger partial charge on any atom is 0.306 e. The van der Waals surface area contributed by atoms with E-state index in [0.717, 1.165) is 109 Å². The summed E-state index contributed by atoms with van der Waals surface area (Å²) in [5.41, 5.74) is 0. The summed E-state index contributed by atoms with van der Waals surface area (Å²) >= 11 is 0. The van der Waals surface area contributed by atoms with Crippen LogP contribution in [0.3, 0.4) is 0 Å². The van der Waals surface area contributed by atoms with Crippen LogP contribution in [-0.4, -0.2) is 37.2 Å². The van der Waals surface area contributed by atoms with E-state index in [1.807, 2.05) is 24.3 Å². The molecule has 0 spiro atoms. The first-order valence-corrected chi connectivity index (χ1v) is 26.8. The largest absolute Gasteiger partial charge is 0.462 e. The second-order valence-electron chi connectivity index (χ2n) is 17.5. The lowest BCUT2D eigenvalue weighted by molar-refractivity contribution is -0.167. The van der Waals surface area contributed by atoms with Crippen molar-refractivity contribution >= 4 is 17.9 Å². The Hall–Kier alpha value is -3.67. The second kappa shape index (κ2) is 52.9. The van der Waals surface area contributed by atoms with Gasteiger partial charge in [-0.2, -0.15) is 0 Å². The Balaban J connectivity index is 4.46. The normalized spacial score (nSPS) is 12.8. The summed E-state index contributed by atoms with van der Waals surface area (Å²) < 4.78 is 16.8. The van der Waals surface area contributed by atoms with Crippen LogP contribution < -0.4 is 0 Å². The van der Waals surface area contributed by atoms with Gasteiger partial charge >= 0.3 is 17.9 Å². The Bertz CT molecular complexity index is 1310. The highest BCUT2D eigenvalue weighted by Crippen LogP contribution is 2.14. The average molecular weight is 903 g/mol. The Morgan fingerprint density at radius 1 is 0.323 bits per heavy atom. The molecule has 0 aromatic rings. The quantitative estimate of drug-likeness (QED) is 0.0199. The van der Waals surface area contributed by atoms with Crippen molar-refractivity contribution in [2.45, 2.75) is 245 Å². The molecule has 0 saturated heterocycles. The van der Waals surface area contributed by atoms with Crippen molar-refractivity contribution in [1.82, 2.24) is 0 Å². The van der Waals surface area contributed by atoms with Crippen LogP contribution in [0.15, 0.2) is 97.2 Å². The summed E-state index contributed by atoms with van der Waals surface area (Å²) in [5, 5.41) is 0. The van der Waals surface area contributed by atoms with E-state index < -0.39 is 6.10 Å². The molecule has 1 atom stereocenters. The van der Waals surface area contributed by atoms with E-state index in [1.54, 1.807) is 0 Å². The minimum atomic E-state index is -0.796. The molecule has 0 N–H and O–H groups in total. The van der Waals surface area contributed by atoms with Gasteiger partial charge in [0.05, 0.1) is 0 Å². The van der Waals surface area contributed by atoms with E-state index in [4.69, 9.17) is 14.2 Å². The third kappa shape index (κ3) is 51.2. The van der Waals surface area contributed by atoms with Crippen molar-refractivity contribution < 1.29 is 28.6 Å². The number of rotatable bonds is 47. The van der Waals surface area contributed by atoms with Crippen molar-refractivity contribution in [3.63, 3.8) is 0 Å². The summed E-state index contributed by atoms with van der Waals surface area (Å²) in [6.45, 7) is 6.46. The van der Waals surface area contributed by atoms with Gasteiger partial charge in [0.25, 0.3) is 0 Å². The van der Waals surface area contributed by atoms with Crippen molar-refractivity contribution in [2.75, 3.05) is 13.2 Å². The van der Waals surface area contributed by atoms with Gasteiger partial charge < -0.3 is 14.2 Å². The van der Waals surface area contributed by atoms with Gasteiger partial charge in [-0.05, 0) is 96.3 Å². The van der Waals surface area contributed by atoms with Crippen LogP contribution in [0.4, 0.5) is 0 Å². The number of hydrogen-bond donors (Lipinski definition) is 0. The third-order valence-corrected chi connectivity index (χ3v) is 11.1. The highest BCUT2D eigenvalue weighted by atomic mass is 16.6. The molecule has 0 bridgehead atoms. The zero-order valence-corrected chi connectivity index (χ0v) is 42.2. The lowest BCUT2D eigenvalue weighted by Gasteiger charge is -2.18. The third-order valence-electron chi connectivity index (χ3n) is 11.1. The van der Waals surface area contributed by atoms with Gasteiger partial charge in [-0.15, -0.1) is 0 Å². The SMILES string of the molecule is CCC\C=C/C=C\C=C/C=C\C=C/CCCCCCCC(=O)OCC(COC(=O)CCCCCCC/C=C\CCCCC)OC(=O)CCCCCCCCC/C=C\C/C=C\CCCCC. The number of allylic oxidation sites excluding steroid dienone is 16. The molecule has 370 valence electrons. The van der Waals surface area contributed by atoms with Gasteiger partial charge in [0.2, 0.25) is 0 Å². The van der Waals surface area contributed by atoms with Gasteiger partial charge in [0.15, 0.2) is 6.10 Å². The molecule has 6 nitrogen and oxygen atoms in total. The highest BCUT2D eigenvalue weighted by molar-refractivity contribution is 5.71. The topological polar surface area (TPSA) is 78.9 Å². The summed E-state index contributed by atoms with van der Waals surface area (Å²) in [5.74, 6) is -0.938. The standard InChI is InChI=1S/C59H98O6/c1-4-7-10-13-16-19-22-25-27-29-31-32-34-37-40-43-46-49-52-58(61)64-55-56(54-63-57(60)51-48-45-42-39-36-24-21-18-15-12-9-6-3)65-59(62)53-50-47-44-41-38-35-33-30-28-26-23-20-17-14-11-8-5-2/h10,13,16-22,25-29,31-32,56H,4-9,11-12,14-15,23-24,30,33-55H2,1-3H3/b13-10-,19-16-,20-17-,21-18-,25-22-,28-26-,29-27-,32-31-. The Morgan fingerprint density at radius 2 is 0.646 bits per heavy atom. The van der Waals surface area contributed by atoms with E-state index in [1.165, 1.54) is 89.9 Å². The number of carbonyl (C=O) groups is 3. The van der Waals surface area contributed by atoms with Crippen LogP contribution in [0.2, 0.25) is 0 Å². The molecular weight excluding hydrogens is 805 g/mol. The lowest BCUT2D eigenvalue weighted by Crippen LogP contribution is -2.30. The first-order valence-electron chi connectivity index (χ1n) is 26.8. The van der Waals surface area contributed by atoms with Gasteiger partial charge in [-0.1, -0.05) is 221 Å². The smallest absolute Gasteiger partial charge is 0.306 e. The van der Waals surface area contributed by atoms with Crippen molar-refractivity contribution in [3.05, 3.63) is 97.2 Å². The molecule has 0 aromatic heterocycles. The molecule has 0 saturated carbocycles. The molecule has 0 rings (SSSR count). The summed E-state index contributed by atoms with van der Waals surface area (Å²) in [6.07, 6.45) is 69.5. The maximum absolute atomic E-state index is 12.8. The lowest BCUT2D eigenvalue weighted by atomic mass is 10.1. The monoisotopic (exact) mass is 903 g/mol. The molecule has 65 heavy (non-hydrogen) atoms. The molecule has 0 heterocycles. The van der Waals surface area contributed by atoms with E-state index in [2.05, 4.69) is 93.7 Å². The first-order chi connectivity index (χ1) is 32.0. The second-order valence-corrected chi connectivity index (χ2v) is 17.5. The van der Waals surface area contributed by atoms with Crippen molar-refractivity contribution in [3.8, 4) is 0 Å². The van der Waals surface area contributed by atoms with Crippen LogP contribution in [0.5, 0.6) is 0 Å². The zero-order chi connectivity index (χ0) is 47.2. The number of carbonyl (C=O) groups excluding carboxylic acids is 3. The predicted octanol–water partition coefficient (Wildman–Crippen LogP) is 17.8. The van der Waals surface area contributed by atoms with Crippen LogP contribution >= 0.6 is 0 Å². The van der Waals surface area contributed by atoms with Crippen LogP contribution in [0, 0.1) is 0 Å². The molecular formula is C59H98O6. The molecule has 0 fully saturated rings. The summed E-state index contributed by atoms with van der Waals surface area (Å²) in [6, 6.07) is 0.